The van der Waals surface area contributed by atoms with Crippen molar-refractivity contribution < 1.29 is 23.4 Å². The number of halogens is 2. The SMILES string of the molecule is CCOC(=O)c1cc(N(CCO)CC(F)F)ncc1N. The lowest BCUT2D eigenvalue weighted by Crippen LogP contribution is -2.32. The zero-order valence-corrected chi connectivity index (χ0v) is 11.1. The summed E-state index contributed by atoms with van der Waals surface area (Å²) in [6.07, 6.45) is -1.39. The number of hydrogen-bond donors (Lipinski definition) is 2. The number of aliphatic hydroxyl groups is 1. The smallest absolute Gasteiger partial charge is 0.340 e. The Labute approximate surface area is 115 Å². The third-order valence-electron chi connectivity index (χ3n) is 2.47. The molecule has 112 valence electrons. The molecule has 0 bridgehead atoms. The summed E-state index contributed by atoms with van der Waals surface area (Å²) < 4.78 is 29.8. The van der Waals surface area contributed by atoms with Gasteiger partial charge in [0.25, 0.3) is 6.43 Å². The van der Waals surface area contributed by atoms with E-state index in [1.165, 1.54) is 17.2 Å². The van der Waals surface area contributed by atoms with Crippen LogP contribution in [0.25, 0.3) is 0 Å². The normalized spacial score (nSPS) is 10.7. The van der Waals surface area contributed by atoms with Gasteiger partial charge in [-0.2, -0.15) is 0 Å². The average molecular weight is 289 g/mol. The number of hydrogen-bond acceptors (Lipinski definition) is 6. The van der Waals surface area contributed by atoms with Crippen LogP contribution in [0.3, 0.4) is 0 Å². The molecule has 0 aliphatic heterocycles. The zero-order valence-electron chi connectivity index (χ0n) is 11.1. The number of carbonyl (C=O) groups is 1. The molecule has 3 N–H and O–H groups in total. The lowest BCUT2D eigenvalue weighted by molar-refractivity contribution is 0.0527. The number of pyridine rings is 1. The summed E-state index contributed by atoms with van der Waals surface area (Å²) in [7, 11) is 0. The van der Waals surface area contributed by atoms with E-state index in [4.69, 9.17) is 15.6 Å². The molecule has 1 heterocycles. The average Bonchev–Trinajstić information content (AvgIpc) is 2.38. The van der Waals surface area contributed by atoms with E-state index in [1.54, 1.807) is 6.92 Å². The van der Waals surface area contributed by atoms with Gasteiger partial charge >= 0.3 is 5.97 Å². The molecular weight excluding hydrogens is 272 g/mol. The van der Waals surface area contributed by atoms with Crippen LogP contribution in [0, 0.1) is 0 Å². The fraction of sp³-hybridized carbons (Fsp3) is 0.500. The quantitative estimate of drug-likeness (QED) is 0.725. The number of aromatic nitrogens is 1. The highest BCUT2D eigenvalue weighted by Gasteiger charge is 2.18. The van der Waals surface area contributed by atoms with Crippen molar-refractivity contribution in [3.8, 4) is 0 Å². The lowest BCUT2D eigenvalue weighted by atomic mass is 10.2. The summed E-state index contributed by atoms with van der Waals surface area (Å²) in [6, 6.07) is 1.28. The Bertz CT molecular complexity index is 458. The first-order chi connectivity index (χ1) is 9.49. The van der Waals surface area contributed by atoms with Crippen LogP contribution in [-0.4, -0.2) is 48.8 Å². The highest BCUT2D eigenvalue weighted by molar-refractivity contribution is 5.95. The molecule has 0 fully saturated rings. The van der Waals surface area contributed by atoms with Crippen LogP contribution in [0.4, 0.5) is 20.3 Å². The van der Waals surface area contributed by atoms with Crippen molar-refractivity contribution in [1.29, 1.82) is 0 Å². The molecule has 0 spiro atoms. The summed E-state index contributed by atoms with van der Waals surface area (Å²) in [4.78, 5) is 16.7. The van der Waals surface area contributed by atoms with E-state index in [0.717, 1.165) is 0 Å². The molecule has 1 aromatic heterocycles. The molecule has 0 amide bonds. The second kappa shape index (κ2) is 7.59. The van der Waals surface area contributed by atoms with Crippen molar-refractivity contribution in [3.05, 3.63) is 17.8 Å². The number of nitrogen functional groups attached to an aromatic ring is 1. The fourth-order valence-electron chi connectivity index (χ4n) is 1.60. The first-order valence-corrected chi connectivity index (χ1v) is 6.06. The predicted molar refractivity (Wildman–Crippen MR) is 69.9 cm³/mol. The molecule has 0 unspecified atom stereocenters. The van der Waals surface area contributed by atoms with Crippen LogP contribution >= 0.6 is 0 Å². The van der Waals surface area contributed by atoms with E-state index in [1.807, 2.05) is 0 Å². The van der Waals surface area contributed by atoms with Gasteiger partial charge in [0.15, 0.2) is 0 Å². The highest BCUT2D eigenvalue weighted by atomic mass is 19.3. The number of carbonyl (C=O) groups excluding carboxylic acids is 1. The van der Waals surface area contributed by atoms with E-state index < -0.39 is 18.9 Å². The van der Waals surface area contributed by atoms with Gasteiger partial charge in [-0.25, -0.2) is 18.6 Å². The first-order valence-electron chi connectivity index (χ1n) is 6.06. The van der Waals surface area contributed by atoms with Gasteiger partial charge in [-0.05, 0) is 13.0 Å². The number of anilines is 2. The number of rotatable bonds is 7. The lowest BCUT2D eigenvalue weighted by Gasteiger charge is -2.22. The topological polar surface area (TPSA) is 88.7 Å². The van der Waals surface area contributed by atoms with Gasteiger partial charge in [-0.15, -0.1) is 0 Å². The standard InChI is InChI=1S/C12H17F2N3O3/c1-2-20-12(19)8-5-11(16-6-9(8)15)17(3-4-18)7-10(13)14/h5-6,10,18H,2-4,7,15H2,1H3. The Morgan fingerprint density at radius 3 is 2.85 bits per heavy atom. The van der Waals surface area contributed by atoms with Crippen molar-refractivity contribution in [2.75, 3.05) is 36.9 Å². The van der Waals surface area contributed by atoms with Crippen molar-refractivity contribution in [1.82, 2.24) is 4.98 Å². The van der Waals surface area contributed by atoms with Gasteiger partial charge in [0.05, 0.1) is 37.2 Å². The van der Waals surface area contributed by atoms with Crippen molar-refractivity contribution in [2.45, 2.75) is 13.3 Å². The Morgan fingerprint density at radius 1 is 1.60 bits per heavy atom. The third-order valence-corrected chi connectivity index (χ3v) is 2.47. The van der Waals surface area contributed by atoms with Crippen LogP contribution in [-0.2, 0) is 4.74 Å². The fourth-order valence-corrected chi connectivity index (χ4v) is 1.60. The van der Waals surface area contributed by atoms with E-state index in [2.05, 4.69) is 4.98 Å². The molecule has 0 saturated carbocycles. The summed E-state index contributed by atoms with van der Waals surface area (Å²) in [5.74, 6) is -0.508. The number of nitrogens with zero attached hydrogens (tertiary/aromatic N) is 2. The minimum atomic E-state index is -2.59. The Balaban J connectivity index is 3.04. The Hall–Kier alpha value is -1.96. The Morgan fingerprint density at radius 2 is 2.30 bits per heavy atom. The maximum absolute atomic E-state index is 12.5. The number of ether oxygens (including phenoxy) is 1. The summed E-state index contributed by atoms with van der Waals surface area (Å²) in [6.45, 7) is 0.884. The van der Waals surface area contributed by atoms with E-state index in [-0.39, 0.29) is 36.8 Å². The minimum Gasteiger partial charge on any atom is -0.462 e. The highest BCUT2D eigenvalue weighted by Crippen LogP contribution is 2.19. The molecular formula is C12H17F2N3O3. The monoisotopic (exact) mass is 289 g/mol. The maximum Gasteiger partial charge on any atom is 0.340 e. The molecule has 1 rings (SSSR count). The van der Waals surface area contributed by atoms with Crippen LogP contribution in [0.15, 0.2) is 12.3 Å². The first kappa shape index (κ1) is 16.1. The second-order valence-corrected chi connectivity index (χ2v) is 3.91. The van der Waals surface area contributed by atoms with E-state index in [9.17, 15) is 13.6 Å². The number of esters is 1. The molecule has 8 heteroatoms. The maximum atomic E-state index is 12.5. The summed E-state index contributed by atoms with van der Waals surface area (Å²) in [5.41, 5.74) is 5.79. The van der Waals surface area contributed by atoms with Gasteiger partial charge in [0.1, 0.15) is 5.82 Å². The van der Waals surface area contributed by atoms with Crippen LogP contribution in [0.5, 0.6) is 0 Å². The zero-order chi connectivity index (χ0) is 15.1. The van der Waals surface area contributed by atoms with Crippen molar-refractivity contribution in [3.63, 3.8) is 0 Å². The van der Waals surface area contributed by atoms with E-state index >= 15 is 0 Å². The second-order valence-electron chi connectivity index (χ2n) is 3.91. The van der Waals surface area contributed by atoms with Gasteiger partial charge < -0.3 is 20.5 Å². The van der Waals surface area contributed by atoms with Crippen molar-refractivity contribution in [2.24, 2.45) is 0 Å². The van der Waals surface area contributed by atoms with Crippen LogP contribution in [0.1, 0.15) is 17.3 Å². The van der Waals surface area contributed by atoms with Gasteiger partial charge in [-0.1, -0.05) is 0 Å². The molecule has 0 atom stereocenters. The number of alkyl halides is 2. The molecule has 0 aliphatic carbocycles. The van der Waals surface area contributed by atoms with E-state index in [0.29, 0.717) is 0 Å². The van der Waals surface area contributed by atoms with Crippen molar-refractivity contribution >= 4 is 17.5 Å². The molecule has 0 aliphatic rings. The van der Waals surface area contributed by atoms with Crippen LogP contribution < -0.4 is 10.6 Å². The van der Waals surface area contributed by atoms with Gasteiger partial charge in [-0.3, -0.25) is 0 Å². The number of aliphatic hydroxyl groups excluding tert-OH is 1. The predicted octanol–water partition coefficient (Wildman–Crippen LogP) is 0.904. The van der Waals surface area contributed by atoms with Crippen LogP contribution in [0.2, 0.25) is 0 Å². The largest absolute Gasteiger partial charge is 0.462 e. The Kier molecular flexibility index (Phi) is 6.10. The molecule has 0 aromatic carbocycles. The third kappa shape index (κ3) is 4.30. The molecule has 6 nitrogen and oxygen atoms in total. The molecule has 20 heavy (non-hydrogen) atoms. The van der Waals surface area contributed by atoms with Gasteiger partial charge in [0.2, 0.25) is 0 Å². The summed E-state index contributed by atoms with van der Waals surface area (Å²) >= 11 is 0. The molecule has 0 saturated heterocycles. The molecule has 0 radical (unpaired) electrons. The van der Waals surface area contributed by atoms with Gasteiger partial charge in [0, 0.05) is 6.54 Å². The number of nitrogens with two attached hydrogens (primary N) is 1. The minimum absolute atomic E-state index is 0.0243. The molecule has 1 aromatic rings. The summed E-state index contributed by atoms with van der Waals surface area (Å²) in [5, 5.41) is 8.90.